The lowest BCUT2D eigenvalue weighted by molar-refractivity contribution is -0.107. The lowest BCUT2D eigenvalue weighted by Crippen LogP contribution is -1.81. The van der Waals surface area contributed by atoms with Gasteiger partial charge in [-0.2, -0.15) is 0 Å². The molecule has 1 aromatic heterocycles. The van der Waals surface area contributed by atoms with Gasteiger partial charge in [-0.3, -0.25) is 0 Å². The first kappa shape index (κ1) is 9.75. The van der Waals surface area contributed by atoms with Gasteiger partial charge < -0.3 is 4.79 Å². The van der Waals surface area contributed by atoms with E-state index >= 15 is 0 Å². The first-order valence-electron chi connectivity index (χ1n) is 4.01. The molecule has 0 aliphatic heterocycles. The van der Waals surface area contributed by atoms with Gasteiger partial charge in [0.15, 0.2) is 0 Å². The zero-order valence-corrected chi connectivity index (χ0v) is 8.33. The molecule has 0 atom stereocenters. The minimum atomic E-state index is 0.680. The molecule has 0 aliphatic carbocycles. The second kappa shape index (κ2) is 5.33. The highest BCUT2D eigenvalue weighted by molar-refractivity contribution is 7.16. The lowest BCUT2D eigenvalue weighted by Gasteiger charge is -1.93. The van der Waals surface area contributed by atoms with Gasteiger partial charge in [-0.15, -0.1) is 11.3 Å². The van der Waals surface area contributed by atoms with Crippen molar-refractivity contribution >= 4 is 29.2 Å². The summed E-state index contributed by atoms with van der Waals surface area (Å²) in [4.78, 5) is 11.3. The van der Waals surface area contributed by atoms with Crippen molar-refractivity contribution in [2.45, 2.75) is 25.7 Å². The van der Waals surface area contributed by atoms with E-state index in [-0.39, 0.29) is 0 Å². The second-order valence-corrected chi connectivity index (χ2v) is 4.42. The van der Waals surface area contributed by atoms with Crippen LogP contribution in [-0.2, 0) is 11.2 Å². The zero-order chi connectivity index (χ0) is 8.81. The molecule has 0 spiro atoms. The number of thiophene rings is 1. The van der Waals surface area contributed by atoms with E-state index in [1.807, 2.05) is 12.1 Å². The second-order valence-electron chi connectivity index (χ2n) is 2.62. The van der Waals surface area contributed by atoms with Crippen LogP contribution in [0.4, 0.5) is 0 Å². The third kappa shape index (κ3) is 3.37. The monoisotopic (exact) mass is 202 g/mol. The highest BCUT2D eigenvalue weighted by atomic mass is 35.5. The van der Waals surface area contributed by atoms with Crippen LogP contribution in [0.1, 0.15) is 24.1 Å². The summed E-state index contributed by atoms with van der Waals surface area (Å²) in [5, 5.41) is 0. The summed E-state index contributed by atoms with van der Waals surface area (Å²) in [5.74, 6) is 0. The molecule has 0 aliphatic rings. The fourth-order valence-corrected chi connectivity index (χ4v) is 2.14. The Morgan fingerprint density at radius 1 is 1.42 bits per heavy atom. The summed E-state index contributed by atoms with van der Waals surface area (Å²) in [7, 11) is 0. The van der Waals surface area contributed by atoms with Crippen molar-refractivity contribution < 1.29 is 4.79 Å². The number of aldehydes is 1. The standard InChI is InChI=1S/C9H11ClOS/c10-9-6-5-8(12-9)4-2-1-3-7-11/h5-7H,1-4H2. The minimum absolute atomic E-state index is 0.680. The number of carbonyl (C=O) groups is 1. The minimum Gasteiger partial charge on any atom is -0.303 e. The first-order chi connectivity index (χ1) is 5.83. The molecule has 3 heteroatoms. The molecular formula is C9H11ClOS. The van der Waals surface area contributed by atoms with E-state index in [9.17, 15) is 4.79 Å². The number of carbonyl (C=O) groups excluding carboxylic acids is 1. The van der Waals surface area contributed by atoms with E-state index in [0.29, 0.717) is 6.42 Å². The normalized spacial score (nSPS) is 10.1. The van der Waals surface area contributed by atoms with E-state index < -0.39 is 0 Å². The van der Waals surface area contributed by atoms with Gasteiger partial charge >= 0.3 is 0 Å². The van der Waals surface area contributed by atoms with Gasteiger partial charge in [-0.05, 0) is 31.4 Å². The molecule has 0 saturated carbocycles. The van der Waals surface area contributed by atoms with Crippen molar-refractivity contribution in [3.63, 3.8) is 0 Å². The Morgan fingerprint density at radius 2 is 2.25 bits per heavy atom. The van der Waals surface area contributed by atoms with Crippen LogP contribution < -0.4 is 0 Å². The van der Waals surface area contributed by atoms with Crippen LogP contribution in [-0.4, -0.2) is 6.29 Å². The van der Waals surface area contributed by atoms with Gasteiger partial charge in [0.2, 0.25) is 0 Å². The Bertz CT molecular complexity index is 244. The molecule has 66 valence electrons. The van der Waals surface area contributed by atoms with E-state index in [2.05, 4.69) is 0 Å². The molecule has 0 unspecified atom stereocenters. The molecule has 0 amide bonds. The van der Waals surface area contributed by atoms with Gasteiger partial charge in [-0.25, -0.2) is 0 Å². The third-order valence-electron chi connectivity index (χ3n) is 1.62. The van der Waals surface area contributed by atoms with Crippen LogP contribution in [0.5, 0.6) is 0 Å². The van der Waals surface area contributed by atoms with Crippen molar-refractivity contribution in [2.24, 2.45) is 0 Å². The summed E-state index contributed by atoms with van der Waals surface area (Å²) < 4.78 is 0.848. The molecule has 0 bridgehead atoms. The average Bonchev–Trinajstić information content (AvgIpc) is 2.45. The van der Waals surface area contributed by atoms with E-state index in [4.69, 9.17) is 11.6 Å². The maximum atomic E-state index is 10.0. The predicted molar refractivity (Wildman–Crippen MR) is 52.9 cm³/mol. The summed E-state index contributed by atoms with van der Waals surface area (Å²) in [6.07, 6.45) is 4.76. The van der Waals surface area contributed by atoms with Gasteiger partial charge in [0.25, 0.3) is 0 Å². The summed E-state index contributed by atoms with van der Waals surface area (Å²) in [6.45, 7) is 0. The van der Waals surface area contributed by atoms with Crippen LogP contribution in [0.25, 0.3) is 0 Å². The first-order valence-corrected chi connectivity index (χ1v) is 5.20. The Kier molecular flexibility index (Phi) is 4.33. The predicted octanol–water partition coefficient (Wildman–Crippen LogP) is 3.31. The number of hydrogen-bond donors (Lipinski definition) is 0. The molecule has 1 aromatic rings. The number of aryl methyl sites for hydroxylation is 1. The molecule has 1 rings (SSSR count). The lowest BCUT2D eigenvalue weighted by atomic mass is 10.2. The molecule has 0 aromatic carbocycles. The zero-order valence-electron chi connectivity index (χ0n) is 6.75. The molecule has 0 saturated heterocycles. The molecule has 12 heavy (non-hydrogen) atoms. The molecule has 1 nitrogen and oxygen atoms in total. The smallest absolute Gasteiger partial charge is 0.119 e. The molecule has 1 heterocycles. The maximum Gasteiger partial charge on any atom is 0.119 e. The van der Waals surface area contributed by atoms with E-state index in [1.165, 1.54) is 4.88 Å². The Morgan fingerprint density at radius 3 is 2.83 bits per heavy atom. The van der Waals surface area contributed by atoms with Gasteiger partial charge in [-0.1, -0.05) is 11.6 Å². The molecular weight excluding hydrogens is 192 g/mol. The topological polar surface area (TPSA) is 17.1 Å². The SMILES string of the molecule is O=CCCCCc1ccc(Cl)s1. The van der Waals surface area contributed by atoms with Crippen LogP contribution >= 0.6 is 22.9 Å². The van der Waals surface area contributed by atoms with E-state index in [0.717, 1.165) is 29.9 Å². The van der Waals surface area contributed by atoms with Gasteiger partial charge in [0.05, 0.1) is 4.34 Å². The number of halogens is 1. The van der Waals surface area contributed by atoms with Crippen molar-refractivity contribution in [2.75, 3.05) is 0 Å². The molecule has 0 fully saturated rings. The highest BCUT2D eigenvalue weighted by Gasteiger charge is 1.96. The summed E-state index contributed by atoms with van der Waals surface area (Å²) in [5.41, 5.74) is 0. The van der Waals surface area contributed by atoms with Crippen LogP contribution in [0.15, 0.2) is 12.1 Å². The summed E-state index contributed by atoms with van der Waals surface area (Å²) >= 11 is 7.39. The van der Waals surface area contributed by atoms with Crippen LogP contribution in [0.2, 0.25) is 4.34 Å². The largest absolute Gasteiger partial charge is 0.303 e. The van der Waals surface area contributed by atoms with Gasteiger partial charge in [0, 0.05) is 11.3 Å². The fraction of sp³-hybridized carbons (Fsp3) is 0.444. The fourth-order valence-electron chi connectivity index (χ4n) is 1.01. The Labute approximate surface area is 81.4 Å². The van der Waals surface area contributed by atoms with Crippen molar-refractivity contribution in [1.29, 1.82) is 0 Å². The molecule has 0 radical (unpaired) electrons. The van der Waals surface area contributed by atoms with E-state index in [1.54, 1.807) is 11.3 Å². The van der Waals surface area contributed by atoms with Crippen LogP contribution in [0, 0.1) is 0 Å². The Hall–Kier alpha value is -0.340. The van der Waals surface area contributed by atoms with Crippen molar-refractivity contribution in [3.05, 3.63) is 21.3 Å². The maximum absolute atomic E-state index is 10.0. The number of hydrogen-bond acceptors (Lipinski definition) is 2. The van der Waals surface area contributed by atoms with Crippen molar-refractivity contribution in [1.82, 2.24) is 0 Å². The van der Waals surface area contributed by atoms with Crippen molar-refractivity contribution in [3.8, 4) is 0 Å². The average molecular weight is 203 g/mol. The van der Waals surface area contributed by atoms with Gasteiger partial charge in [0.1, 0.15) is 6.29 Å². The highest BCUT2D eigenvalue weighted by Crippen LogP contribution is 2.22. The Balaban J connectivity index is 2.19. The quantitative estimate of drug-likeness (QED) is 0.529. The summed E-state index contributed by atoms with van der Waals surface area (Å²) in [6, 6.07) is 3.97. The number of unbranched alkanes of at least 4 members (excludes halogenated alkanes) is 2. The van der Waals surface area contributed by atoms with Crippen LogP contribution in [0.3, 0.4) is 0 Å². The third-order valence-corrected chi connectivity index (χ3v) is 2.91. The molecule has 0 N–H and O–H groups in total. The number of rotatable bonds is 5.